The summed E-state index contributed by atoms with van der Waals surface area (Å²) in [6.07, 6.45) is 6.65. The largest absolute Gasteiger partial charge is 0.493 e. The number of hydrogen-bond donors (Lipinski definition) is 1. The normalized spacial score (nSPS) is 22.3. The van der Waals surface area contributed by atoms with Crippen LogP contribution in [-0.2, 0) is 18.3 Å². The highest BCUT2D eigenvalue weighted by Crippen LogP contribution is 2.54. The van der Waals surface area contributed by atoms with Crippen LogP contribution in [-0.4, -0.2) is 19.8 Å². The molecule has 0 aromatic heterocycles. The summed E-state index contributed by atoms with van der Waals surface area (Å²) in [6, 6.07) is 0. The van der Waals surface area contributed by atoms with Crippen molar-refractivity contribution < 1.29 is 9.47 Å². The molecule has 3 nitrogen and oxygen atoms in total. The van der Waals surface area contributed by atoms with Gasteiger partial charge in [-0.2, -0.15) is 0 Å². The van der Waals surface area contributed by atoms with E-state index in [0.717, 1.165) is 61.0 Å². The Labute approximate surface area is 124 Å². The zero-order valence-electron chi connectivity index (χ0n) is 11.6. The first-order valence-corrected chi connectivity index (χ1v) is 7.98. The zero-order valence-corrected chi connectivity index (χ0v) is 12.4. The lowest BCUT2D eigenvalue weighted by molar-refractivity contribution is 0.337. The molecular weight excluding hydrogens is 274 g/mol. The third-order valence-electron chi connectivity index (χ3n) is 5.22. The van der Waals surface area contributed by atoms with Gasteiger partial charge in [0.05, 0.1) is 18.2 Å². The summed E-state index contributed by atoms with van der Waals surface area (Å²) in [4.78, 5) is 0. The molecule has 0 unspecified atom stereocenters. The van der Waals surface area contributed by atoms with Crippen molar-refractivity contribution in [3.8, 4) is 11.5 Å². The molecule has 0 amide bonds. The van der Waals surface area contributed by atoms with E-state index in [9.17, 15) is 0 Å². The Balaban J connectivity index is 1.99. The van der Waals surface area contributed by atoms with Gasteiger partial charge in [-0.05, 0) is 12.8 Å². The van der Waals surface area contributed by atoms with E-state index in [4.69, 9.17) is 26.8 Å². The van der Waals surface area contributed by atoms with Crippen molar-refractivity contribution in [1.82, 2.24) is 0 Å². The fraction of sp³-hybridized carbons (Fsp3) is 0.625. The zero-order chi connectivity index (χ0) is 13.7. The number of benzene rings is 1. The minimum Gasteiger partial charge on any atom is -0.493 e. The van der Waals surface area contributed by atoms with E-state index in [0.29, 0.717) is 6.54 Å². The molecule has 1 aromatic carbocycles. The topological polar surface area (TPSA) is 44.5 Å². The number of fused-ring (bicyclic) bond motifs is 2. The van der Waals surface area contributed by atoms with Crippen molar-refractivity contribution in [2.45, 2.75) is 43.9 Å². The summed E-state index contributed by atoms with van der Waals surface area (Å²) >= 11 is 6.53. The number of rotatable bonds is 2. The average Bonchev–Trinajstić information content (AvgIpc) is 3.20. The van der Waals surface area contributed by atoms with Crippen LogP contribution in [0.1, 0.15) is 42.4 Å². The van der Waals surface area contributed by atoms with Crippen LogP contribution in [0.3, 0.4) is 0 Å². The van der Waals surface area contributed by atoms with Crippen molar-refractivity contribution in [3.63, 3.8) is 0 Å². The van der Waals surface area contributed by atoms with Gasteiger partial charge in [-0.3, -0.25) is 0 Å². The monoisotopic (exact) mass is 293 g/mol. The van der Waals surface area contributed by atoms with Gasteiger partial charge in [-0.15, -0.1) is 0 Å². The van der Waals surface area contributed by atoms with Crippen LogP contribution in [0, 0.1) is 0 Å². The molecule has 0 bridgehead atoms. The third-order valence-corrected chi connectivity index (χ3v) is 5.62. The molecule has 4 heteroatoms. The van der Waals surface area contributed by atoms with Crippen molar-refractivity contribution in [2.24, 2.45) is 5.73 Å². The molecule has 1 aliphatic carbocycles. The van der Waals surface area contributed by atoms with E-state index in [1.54, 1.807) is 0 Å². The maximum absolute atomic E-state index is 6.53. The standard InChI is InChI=1S/C16H20ClNO2/c17-13-11-4-8-19-14(11)12(10-3-7-20-15(10)13)16(9-18)5-1-2-6-16/h1-9,18H2. The Kier molecular flexibility index (Phi) is 2.90. The summed E-state index contributed by atoms with van der Waals surface area (Å²) in [7, 11) is 0. The number of nitrogens with two attached hydrogens (primary N) is 1. The molecule has 0 spiro atoms. The maximum Gasteiger partial charge on any atom is 0.142 e. The van der Waals surface area contributed by atoms with Gasteiger partial charge in [0.2, 0.25) is 0 Å². The summed E-state index contributed by atoms with van der Waals surface area (Å²) < 4.78 is 11.8. The molecular formula is C16H20ClNO2. The van der Waals surface area contributed by atoms with Gasteiger partial charge < -0.3 is 15.2 Å². The maximum atomic E-state index is 6.53. The lowest BCUT2D eigenvalue weighted by Gasteiger charge is -2.31. The van der Waals surface area contributed by atoms with E-state index >= 15 is 0 Å². The van der Waals surface area contributed by atoms with Crippen LogP contribution < -0.4 is 15.2 Å². The van der Waals surface area contributed by atoms with Gasteiger partial charge in [0.1, 0.15) is 11.5 Å². The first kappa shape index (κ1) is 12.8. The van der Waals surface area contributed by atoms with E-state index < -0.39 is 0 Å². The molecule has 2 N–H and O–H groups in total. The Morgan fingerprint density at radius 2 is 1.65 bits per heavy atom. The van der Waals surface area contributed by atoms with Crippen LogP contribution in [0.4, 0.5) is 0 Å². The molecule has 20 heavy (non-hydrogen) atoms. The van der Waals surface area contributed by atoms with Crippen LogP contribution in [0.2, 0.25) is 5.02 Å². The molecule has 3 aliphatic rings. The number of ether oxygens (including phenoxy) is 2. The second kappa shape index (κ2) is 4.54. The van der Waals surface area contributed by atoms with Gasteiger partial charge in [0, 0.05) is 41.5 Å². The van der Waals surface area contributed by atoms with Gasteiger partial charge in [0.25, 0.3) is 0 Å². The van der Waals surface area contributed by atoms with Crippen LogP contribution in [0.5, 0.6) is 11.5 Å². The van der Waals surface area contributed by atoms with Gasteiger partial charge >= 0.3 is 0 Å². The molecule has 2 aliphatic heterocycles. The summed E-state index contributed by atoms with van der Waals surface area (Å²) in [6.45, 7) is 2.15. The molecule has 1 fully saturated rings. The lowest BCUT2D eigenvalue weighted by atomic mass is 9.75. The fourth-order valence-electron chi connectivity index (χ4n) is 4.22. The SMILES string of the molecule is NCC1(c2c3c(c(Cl)c4c2OCC4)OCC3)CCCC1. The van der Waals surface area contributed by atoms with Crippen LogP contribution in [0.25, 0.3) is 0 Å². The highest BCUT2D eigenvalue weighted by Gasteiger charge is 2.43. The first-order chi connectivity index (χ1) is 9.77. The predicted molar refractivity (Wildman–Crippen MR) is 79.1 cm³/mol. The van der Waals surface area contributed by atoms with Crippen molar-refractivity contribution in [2.75, 3.05) is 19.8 Å². The molecule has 0 saturated heterocycles. The van der Waals surface area contributed by atoms with E-state index in [1.165, 1.54) is 24.0 Å². The smallest absolute Gasteiger partial charge is 0.142 e. The van der Waals surface area contributed by atoms with Gasteiger partial charge in [0.15, 0.2) is 0 Å². The summed E-state index contributed by atoms with van der Waals surface area (Å²) in [5.41, 5.74) is 10.0. The Morgan fingerprint density at radius 1 is 1.00 bits per heavy atom. The number of halogens is 1. The minimum atomic E-state index is 0.0802. The highest BCUT2D eigenvalue weighted by atomic mass is 35.5. The lowest BCUT2D eigenvalue weighted by Crippen LogP contribution is -2.33. The minimum absolute atomic E-state index is 0.0802. The molecule has 108 valence electrons. The molecule has 2 heterocycles. The summed E-state index contributed by atoms with van der Waals surface area (Å²) in [5, 5.41) is 0.777. The van der Waals surface area contributed by atoms with Crippen molar-refractivity contribution in [1.29, 1.82) is 0 Å². The van der Waals surface area contributed by atoms with Gasteiger partial charge in [-0.1, -0.05) is 24.4 Å². The molecule has 4 rings (SSSR count). The molecule has 0 atom stereocenters. The second-order valence-electron chi connectivity index (χ2n) is 6.19. The predicted octanol–water partition coefficient (Wildman–Crippen LogP) is 2.98. The Hall–Kier alpha value is -0.930. The highest BCUT2D eigenvalue weighted by molar-refractivity contribution is 6.33. The Morgan fingerprint density at radius 3 is 2.35 bits per heavy atom. The first-order valence-electron chi connectivity index (χ1n) is 7.60. The quantitative estimate of drug-likeness (QED) is 0.912. The fourth-order valence-corrected chi connectivity index (χ4v) is 4.57. The van der Waals surface area contributed by atoms with E-state index in [1.807, 2.05) is 0 Å². The molecule has 1 saturated carbocycles. The molecule has 0 radical (unpaired) electrons. The van der Waals surface area contributed by atoms with Crippen LogP contribution in [0.15, 0.2) is 0 Å². The van der Waals surface area contributed by atoms with Crippen molar-refractivity contribution >= 4 is 11.6 Å². The van der Waals surface area contributed by atoms with E-state index in [2.05, 4.69) is 0 Å². The summed E-state index contributed by atoms with van der Waals surface area (Å²) in [5.74, 6) is 1.94. The van der Waals surface area contributed by atoms with Gasteiger partial charge in [-0.25, -0.2) is 0 Å². The Bertz CT molecular complexity index is 529. The number of hydrogen-bond acceptors (Lipinski definition) is 3. The second-order valence-corrected chi connectivity index (χ2v) is 6.57. The van der Waals surface area contributed by atoms with Crippen molar-refractivity contribution in [3.05, 3.63) is 21.7 Å². The van der Waals surface area contributed by atoms with Crippen LogP contribution >= 0.6 is 11.6 Å². The van der Waals surface area contributed by atoms with E-state index in [-0.39, 0.29) is 5.41 Å². The molecule has 1 aromatic rings. The third kappa shape index (κ3) is 1.57. The average molecular weight is 294 g/mol.